The molecule has 1 fully saturated rings. The third-order valence-corrected chi connectivity index (χ3v) is 4.01. The Kier molecular flexibility index (Phi) is 4.62. The van der Waals surface area contributed by atoms with Gasteiger partial charge in [-0.3, -0.25) is 0 Å². The van der Waals surface area contributed by atoms with E-state index in [0.29, 0.717) is 5.69 Å². The number of thioether (sulfide) groups is 1. The van der Waals surface area contributed by atoms with Gasteiger partial charge in [0.25, 0.3) is 0 Å². The summed E-state index contributed by atoms with van der Waals surface area (Å²) >= 11 is 1.12. The molecular formula is C13H17F3N2S. The lowest BCUT2D eigenvalue weighted by Gasteiger charge is -2.25. The van der Waals surface area contributed by atoms with Crippen LogP contribution in [0.25, 0.3) is 0 Å². The number of hydrogen-bond acceptors (Lipinski definition) is 3. The molecule has 106 valence electrons. The fourth-order valence-electron chi connectivity index (χ4n) is 2.22. The molecule has 1 heterocycles. The number of anilines is 1. The van der Waals surface area contributed by atoms with Gasteiger partial charge in [-0.2, -0.15) is 13.2 Å². The minimum Gasteiger partial charge on any atom is -0.382 e. The quantitative estimate of drug-likeness (QED) is 0.832. The molecule has 0 unspecified atom stereocenters. The van der Waals surface area contributed by atoms with Crippen molar-refractivity contribution in [1.29, 1.82) is 0 Å². The van der Waals surface area contributed by atoms with Gasteiger partial charge in [-0.05, 0) is 50.4 Å². The van der Waals surface area contributed by atoms with Gasteiger partial charge in [-0.1, -0.05) is 0 Å². The molecule has 1 aromatic rings. The van der Waals surface area contributed by atoms with Crippen LogP contribution in [0.2, 0.25) is 0 Å². The Bertz CT molecular complexity index is 428. The van der Waals surface area contributed by atoms with E-state index < -0.39 is 11.7 Å². The molecule has 0 amide bonds. The average molecular weight is 290 g/mol. The first-order chi connectivity index (χ1) is 9.00. The third kappa shape index (κ3) is 3.79. The zero-order valence-electron chi connectivity index (χ0n) is 10.7. The number of piperidine rings is 1. The predicted molar refractivity (Wildman–Crippen MR) is 72.7 cm³/mol. The van der Waals surface area contributed by atoms with Crippen molar-refractivity contribution in [3.63, 3.8) is 0 Å². The monoisotopic (exact) mass is 290 g/mol. The summed E-state index contributed by atoms with van der Waals surface area (Å²) in [6.07, 6.45) is -0.772. The molecule has 1 saturated heterocycles. The highest BCUT2D eigenvalue weighted by atomic mass is 32.2. The molecule has 1 aliphatic rings. The summed E-state index contributed by atoms with van der Waals surface area (Å²) in [6.45, 7) is 1.82. The van der Waals surface area contributed by atoms with Crippen LogP contribution in [0.5, 0.6) is 0 Å². The zero-order chi connectivity index (χ0) is 13.9. The Morgan fingerprint density at radius 1 is 1.26 bits per heavy atom. The molecule has 2 rings (SSSR count). The van der Waals surface area contributed by atoms with Gasteiger partial charge in [0.15, 0.2) is 0 Å². The van der Waals surface area contributed by atoms with E-state index in [4.69, 9.17) is 0 Å². The van der Waals surface area contributed by atoms with E-state index in [9.17, 15) is 13.2 Å². The number of nitrogens with one attached hydrogen (secondary N) is 2. The van der Waals surface area contributed by atoms with Crippen molar-refractivity contribution in [2.45, 2.75) is 30.0 Å². The Morgan fingerprint density at radius 3 is 2.53 bits per heavy atom. The smallest absolute Gasteiger partial charge is 0.382 e. The minimum atomic E-state index is -4.30. The summed E-state index contributed by atoms with van der Waals surface area (Å²) in [6, 6.07) is 4.73. The van der Waals surface area contributed by atoms with Crippen LogP contribution in [-0.2, 0) is 6.18 Å². The third-order valence-electron chi connectivity index (χ3n) is 3.21. The van der Waals surface area contributed by atoms with E-state index in [-0.39, 0.29) is 10.9 Å². The average Bonchev–Trinajstić information content (AvgIpc) is 2.39. The first-order valence-electron chi connectivity index (χ1n) is 6.23. The summed E-state index contributed by atoms with van der Waals surface area (Å²) in [4.78, 5) is 0.267. The zero-order valence-corrected chi connectivity index (χ0v) is 11.5. The van der Waals surface area contributed by atoms with Gasteiger partial charge in [0, 0.05) is 16.6 Å². The van der Waals surface area contributed by atoms with Gasteiger partial charge in [0.05, 0.1) is 5.56 Å². The molecule has 0 saturated carbocycles. The summed E-state index contributed by atoms with van der Waals surface area (Å²) in [5.74, 6) is 0. The van der Waals surface area contributed by atoms with Crippen LogP contribution in [0.1, 0.15) is 18.4 Å². The highest BCUT2D eigenvalue weighted by molar-refractivity contribution is 7.98. The van der Waals surface area contributed by atoms with Gasteiger partial charge in [-0.25, -0.2) is 0 Å². The maximum atomic E-state index is 12.9. The fourth-order valence-corrected chi connectivity index (χ4v) is 2.82. The number of halogens is 3. The summed E-state index contributed by atoms with van der Waals surface area (Å²) in [7, 11) is 0. The summed E-state index contributed by atoms with van der Waals surface area (Å²) < 4.78 is 38.8. The largest absolute Gasteiger partial charge is 0.417 e. The number of hydrogen-bond donors (Lipinski definition) is 2. The number of benzene rings is 1. The first kappa shape index (κ1) is 14.5. The molecule has 2 nitrogen and oxygen atoms in total. The van der Waals surface area contributed by atoms with Gasteiger partial charge in [0.1, 0.15) is 0 Å². The minimum absolute atomic E-state index is 0.252. The number of alkyl halides is 3. The molecule has 1 aromatic carbocycles. The van der Waals surface area contributed by atoms with E-state index in [2.05, 4.69) is 10.6 Å². The highest BCUT2D eigenvalue weighted by Crippen LogP contribution is 2.37. The van der Waals surface area contributed by atoms with E-state index in [0.717, 1.165) is 37.7 Å². The van der Waals surface area contributed by atoms with Crippen LogP contribution in [0.15, 0.2) is 23.1 Å². The van der Waals surface area contributed by atoms with Crippen LogP contribution >= 0.6 is 11.8 Å². The first-order valence-corrected chi connectivity index (χ1v) is 7.45. The van der Waals surface area contributed by atoms with Crippen molar-refractivity contribution in [2.75, 3.05) is 24.7 Å². The maximum absolute atomic E-state index is 12.9. The number of rotatable bonds is 3. The van der Waals surface area contributed by atoms with Crippen molar-refractivity contribution in [2.24, 2.45) is 0 Å². The molecule has 1 aliphatic heterocycles. The summed E-state index contributed by atoms with van der Waals surface area (Å²) in [5.41, 5.74) is -0.00374. The Balaban J connectivity index is 2.17. The molecule has 2 N–H and O–H groups in total. The topological polar surface area (TPSA) is 24.1 Å². The fraction of sp³-hybridized carbons (Fsp3) is 0.538. The lowest BCUT2D eigenvalue weighted by molar-refractivity contribution is -0.139. The van der Waals surface area contributed by atoms with E-state index >= 15 is 0 Å². The normalized spacial score (nSPS) is 17.5. The van der Waals surface area contributed by atoms with Gasteiger partial charge < -0.3 is 10.6 Å². The van der Waals surface area contributed by atoms with Gasteiger partial charge in [0.2, 0.25) is 0 Å². The van der Waals surface area contributed by atoms with Gasteiger partial charge >= 0.3 is 6.18 Å². The second-order valence-electron chi connectivity index (χ2n) is 4.58. The van der Waals surface area contributed by atoms with E-state index in [1.54, 1.807) is 12.3 Å². The van der Waals surface area contributed by atoms with Crippen molar-refractivity contribution < 1.29 is 13.2 Å². The van der Waals surface area contributed by atoms with E-state index in [1.807, 2.05) is 0 Å². The molecule has 6 heteroatoms. The van der Waals surface area contributed by atoms with Gasteiger partial charge in [-0.15, -0.1) is 11.8 Å². The second-order valence-corrected chi connectivity index (χ2v) is 5.43. The van der Waals surface area contributed by atoms with Crippen LogP contribution in [0.3, 0.4) is 0 Å². The molecular weight excluding hydrogens is 273 g/mol. The van der Waals surface area contributed by atoms with Crippen LogP contribution in [-0.4, -0.2) is 25.4 Å². The molecule has 0 spiro atoms. The molecule has 0 aromatic heterocycles. The second kappa shape index (κ2) is 6.05. The van der Waals surface area contributed by atoms with Crippen LogP contribution in [0.4, 0.5) is 18.9 Å². The lowest BCUT2D eigenvalue weighted by atomic mass is 10.1. The van der Waals surface area contributed by atoms with Crippen molar-refractivity contribution in [3.8, 4) is 0 Å². The van der Waals surface area contributed by atoms with Crippen LogP contribution < -0.4 is 10.6 Å². The van der Waals surface area contributed by atoms with Crippen molar-refractivity contribution >= 4 is 17.4 Å². The lowest BCUT2D eigenvalue weighted by Crippen LogP contribution is -2.35. The SMILES string of the molecule is CSc1ccc(NC2CCNCC2)cc1C(F)(F)F. The van der Waals surface area contributed by atoms with Crippen molar-refractivity contribution in [1.82, 2.24) is 5.32 Å². The van der Waals surface area contributed by atoms with Crippen molar-refractivity contribution in [3.05, 3.63) is 23.8 Å². The molecule has 0 atom stereocenters. The predicted octanol–water partition coefficient (Wildman–Crippen LogP) is 3.59. The van der Waals surface area contributed by atoms with Crippen LogP contribution in [0, 0.1) is 0 Å². The Hall–Kier alpha value is -0.880. The molecule has 0 aliphatic carbocycles. The Labute approximate surface area is 115 Å². The summed E-state index contributed by atoms with van der Waals surface area (Å²) in [5, 5.41) is 6.43. The Morgan fingerprint density at radius 2 is 1.95 bits per heavy atom. The molecule has 0 radical (unpaired) electrons. The highest BCUT2D eigenvalue weighted by Gasteiger charge is 2.33. The standard InChI is InChI=1S/C13H17F3N2S/c1-19-12-3-2-10(8-11(12)13(14,15)16)18-9-4-6-17-7-5-9/h2-3,8-9,17-18H,4-7H2,1H3. The van der Waals surface area contributed by atoms with E-state index in [1.165, 1.54) is 12.1 Å². The maximum Gasteiger partial charge on any atom is 0.417 e. The molecule has 19 heavy (non-hydrogen) atoms. The molecule has 0 bridgehead atoms.